The minimum Gasteiger partial charge on any atom is -0.380 e. The first-order valence-electron chi connectivity index (χ1n) is 14.8. The second-order valence-corrected chi connectivity index (χ2v) is 11.2. The molecule has 0 spiro atoms. The molecule has 6 aromatic rings. The van der Waals surface area contributed by atoms with E-state index in [2.05, 4.69) is 157 Å². The van der Waals surface area contributed by atoms with E-state index in [0.717, 1.165) is 6.54 Å². The van der Waals surface area contributed by atoms with Crippen LogP contribution in [0.4, 0.5) is 5.69 Å². The van der Waals surface area contributed by atoms with Crippen molar-refractivity contribution in [3.05, 3.63) is 175 Å². The number of benzene rings is 6. The molecular weight excluding hydrogens is 518 g/mol. The van der Waals surface area contributed by atoms with Crippen LogP contribution >= 0.6 is 0 Å². The molecule has 1 aliphatic heterocycles. The quantitative estimate of drug-likeness (QED) is 0.212. The number of hydrogen-bond donors (Lipinski definition) is 1. The molecule has 0 bridgehead atoms. The van der Waals surface area contributed by atoms with Gasteiger partial charge in [-0.05, 0) is 110 Å². The lowest BCUT2D eigenvalue weighted by atomic mass is 9.86. The van der Waals surface area contributed by atoms with E-state index in [0.29, 0.717) is 0 Å². The Kier molecular flexibility index (Phi) is 6.22. The van der Waals surface area contributed by atoms with Crippen molar-refractivity contribution in [3.63, 3.8) is 0 Å². The van der Waals surface area contributed by atoms with E-state index in [4.69, 9.17) is 0 Å². The van der Waals surface area contributed by atoms with Crippen LogP contribution in [0, 0.1) is 0 Å². The second kappa shape index (κ2) is 10.7. The molecule has 0 fully saturated rings. The average molecular weight is 548 g/mol. The highest BCUT2D eigenvalue weighted by molar-refractivity contribution is 5.97. The topological polar surface area (TPSA) is 12.0 Å². The molecule has 43 heavy (non-hydrogen) atoms. The van der Waals surface area contributed by atoms with E-state index < -0.39 is 0 Å². The first-order chi connectivity index (χ1) is 21.3. The Morgan fingerprint density at radius 2 is 1.02 bits per heavy atom. The number of anilines is 1. The zero-order valence-corrected chi connectivity index (χ0v) is 23.7. The summed E-state index contributed by atoms with van der Waals surface area (Å²) in [4.78, 5) is 0. The summed E-state index contributed by atoms with van der Waals surface area (Å²) >= 11 is 0. The Morgan fingerprint density at radius 1 is 0.442 bits per heavy atom. The molecule has 6 aromatic carbocycles. The number of fused-ring (bicyclic) bond motifs is 3. The van der Waals surface area contributed by atoms with Gasteiger partial charge in [-0.3, -0.25) is 0 Å². The molecule has 1 heteroatoms. The van der Waals surface area contributed by atoms with Crippen molar-refractivity contribution in [3.8, 4) is 55.6 Å². The minimum absolute atomic E-state index is 0.817. The fourth-order valence-electron chi connectivity index (χ4n) is 6.32. The minimum atomic E-state index is 0.817. The monoisotopic (exact) mass is 547 g/mol. The molecule has 2 aliphatic rings. The van der Waals surface area contributed by atoms with Crippen LogP contribution in [0.1, 0.15) is 11.1 Å². The Hall–Kier alpha value is -5.62. The maximum absolute atomic E-state index is 3.79. The number of hydrogen-bond acceptors (Lipinski definition) is 1. The molecule has 1 heterocycles. The van der Waals surface area contributed by atoms with Crippen molar-refractivity contribution in [1.82, 2.24) is 0 Å². The van der Waals surface area contributed by atoms with Gasteiger partial charge in [0.15, 0.2) is 0 Å². The summed E-state index contributed by atoms with van der Waals surface area (Å²) in [7, 11) is 0. The van der Waals surface area contributed by atoms with Gasteiger partial charge in [-0.25, -0.2) is 0 Å². The Morgan fingerprint density at radius 3 is 1.79 bits per heavy atom. The van der Waals surface area contributed by atoms with Crippen LogP contribution < -0.4 is 5.32 Å². The van der Waals surface area contributed by atoms with Gasteiger partial charge >= 0.3 is 0 Å². The van der Waals surface area contributed by atoms with E-state index in [1.54, 1.807) is 0 Å². The molecule has 0 radical (unpaired) electrons. The normalized spacial score (nSPS) is 12.8. The van der Waals surface area contributed by atoms with Crippen LogP contribution in [0.25, 0.3) is 61.2 Å². The average Bonchev–Trinajstić information content (AvgIpc) is 3.64. The highest BCUT2D eigenvalue weighted by atomic mass is 14.9. The summed E-state index contributed by atoms with van der Waals surface area (Å²) in [6, 6.07) is 50.7. The summed E-state index contributed by atoms with van der Waals surface area (Å²) in [5.74, 6) is 0. The highest BCUT2D eigenvalue weighted by Crippen LogP contribution is 2.45. The Bertz CT molecular complexity index is 2110. The summed E-state index contributed by atoms with van der Waals surface area (Å²) in [5, 5.41) is 3.79. The summed E-state index contributed by atoms with van der Waals surface area (Å²) in [6.07, 6.45) is 6.13. The van der Waals surface area contributed by atoms with Crippen molar-refractivity contribution in [2.24, 2.45) is 0 Å². The maximum Gasteiger partial charge on any atom is 0.0502 e. The Balaban J connectivity index is 1.28. The first kappa shape index (κ1) is 25.1. The molecule has 1 aliphatic carbocycles. The number of rotatable bonds is 5. The van der Waals surface area contributed by atoms with Crippen LogP contribution in [0.3, 0.4) is 0 Å². The lowest BCUT2D eigenvalue weighted by Gasteiger charge is -2.26. The Labute approximate surface area is 252 Å². The predicted octanol–water partition coefficient (Wildman–Crippen LogP) is 11.1. The standard InChI is InChI=1S/C42H29N/c1-2-11-29(12-3-1)32-17-9-20-35(24-32)38-26-40(42-41(27-38)39-22-7-6-15-37(39)28-43-42)36-21-10-19-34(25-36)33-18-8-16-31(23-33)30-13-4-5-14-30/h1-4,6-27,43H,28H2. The van der Waals surface area contributed by atoms with Gasteiger partial charge in [-0.2, -0.15) is 0 Å². The van der Waals surface area contributed by atoms with E-state index >= 15 is 0 Å². The summed E-state index contributed by atoms with van der Waals surface area (Å²) < 4.78 is 0. The smallest absolute Gasteiger partial charge is 0.0502 e. The molecule has 1 nitrogen and oxygen atoms in total. The zero-order chi connectivity index (χ0) is 28.6. The lowest BCUT2D eigenvalue weighted by Crippen LogP contribution is -2.10. The first-order valence-corrected chi connectivity index (χ1v) is 14.8. The van der Waals surface area contributed by atoms with Gasteiger partial charge < -0.3 is 5.32 Å². The molecular formula is C42H29N. The molecule has 202 valence electrons. The molecule has 0 saturated heterocycles. The highest BCUT2D eigenvalue weighted by Gasteiger charge is 2.21. The molecule has 0 saturated carbocycles. The van der Waals surface area contributed by atoms with Crippen LogP contribution in [-0.4, -0.2) is 0 Å². The van der Waals surface area contributed by atoms with Crippen molar-refractivity contribution >= 4 is 11.3 Å². The molecule has 0 aromatic heterocycles. The fourth-order valence-corrected chi connectivity index (χ4v) is 6.32. The van der Waals surface area contributed by atoms with E-state index in [9.17, 15) is 0 Å². The van der Waals surface area contributed by atoms with Crippen molar-refractivity contribution in [2.45, 2.75) is 6.54 Å². The molecule has 1 N–H and O–H groups in total. The second-order valence-electron chi connectivity index (χ2n) is 11.2. The van der Waals surface area contributed by atoms with E-state index in [1.165, 1.54) is 78.0 Å². The molecule has 0 atom stereocenters. The maximum atomic E-state index is 3.79. The number of nitrogens with one attached hydrogen (secondary N) is 1. The SMILES string of the molecule is C1=CC=C(c2cccc(-c3cccc(-c4cc(-c5cccc(-c6ccccc6)c5)cc5c4NCc4ccccc4-5)c3)c2)C=1. The van der Waals surface area contributed by atoms with Crippen LogP contribution in [0.2, 0.25) is 0 Å². The van der Waals surface area contributed by atoms with E-state index in [1.807, 2.05) is 12.2 Å². The summed E-state index contributed by atoms with van der Waals surface area (Å²) in [5.41, 5.74) is 20.4. The van der Waals surface area contributed by atoms with Gasteiger partial charge in [0.2, 0.25) is 0 Å². The van der Waals surface area contributed by atoms with Crippen LogP contribution in [0.15, 0.2) is 163 Å². The van der Waals surface area contributed by atoms with Gasteiger partial charge in [0.1, 0.15) is 0 Å². The molecule has 0 unspecified atom stereocenters. The zero-order valence-electron chi connectivity index (χ0n) is 23.7. The molecule has 0 amide bonds. The van der Waals surface area contributed by atoms with Gasteiger partial charge in [-0.15, -0.1) is 5.73 Å². The third-order valence-corrected chi connectivity index (χ3v) is 8.51. The van der Waals surface area contributed by atoms with E-state index in [-0.39, 0.29) is 0 Å². The number of allylic oxidation sites excluding steroid dienone is 3. The van der Waals surface area contributed by atoms with Crippen molar-refractivity contribution < 1.29 is 0 Å². The summed E-state index contributed by atoms with van der Waals surface area (Å²) in [6.45, 7) is 0.817. The fraction of sp³-hybridized carbons (Fsp3) is 0.0238. The third kappa shape index (κ3) is 4.73. The van der Waals surface area contributed by atoms with Crippen LogP contribution in [0.5, 0.6) is 0 Å². The predicted molar refractivity (Wildman–Crippen MR) is 182 cm³/mol. The van der Waals surface area contributed by atoms with Gasteiger partial charge in [0.25, 0.3) is 0 Å². The third-order valence-electron chi connectivity index (χ3n) is 8.51. The van der Waals surface area contributed by atoms with Gasteiger partial charge in [-0.1, -0.05) is 109 Å². The van der Waals surface area contributed by atoms with Crippen molar-refractivity contribution in [1.29, 1.82) is 0 Å². The van der Waals surface area contributed by atoms with Crippen LogP contribution in [-0.2, 0) is 6.54 Å². The van der Waals surface area contributed by atoms with Gasteiger partial charge in [0.05, 0.1) is 5.69 Å². The molecule has 8 rings (SSSR count). The lowest BCUT2D eigenvalue weighted by molar-refractivity contribution is 1.13. The van der Waals surface area contributed by atoms with Crippen molar-refractivity contribution in [2.75, 3.05) is 5.32 Å². The van der Waals surface area contributed by atoms with Gasteiger partial charge in [0, 0.05) is 17.7 Å². The largest absolute Gasteiger partial charge is 0.380 e.